The van der Waals surface area contributed by atoms with E-state index < -0.39 is 5.97 Å². The second kappa shape index (κ2) is 11.7. The van der Waals surface area contributed by atoms with Gasteiger partial charge in [-0.3, -0.25) is 4.79 Å². The monoisotopic (exact) mass is 649 g/mol. The number of aromatic nitrogens is 1. The topological polar surface area (TPSA) is 92.8 Å². The van der Waals surface area contributed by atoms with Crippen LogP contribution >= 0.6 is 34.2 Å². The number of hydrogen-bond acceptors (Lipinski definition) is 5. The molecule has 0 saturated carbocycles. The number of ether oxygens (including phenoxy) is 2. The summed E-state index contributed by atoms with van der Waals surface area (Å²) in [6.07, 6.45) is 1.48. The van der Waals surface area contributed by atoms with E-state index in [4.69, 9.17) is 21.1 Å². The second-order valence-corrected chi connectivity index (χ2v) is 10.1. The lowest BCUT2D eigenvalue weighted by Gasteiger charge is -2.10. The van der Waals surface area contributed by atoms with Gasteiger partial charge in [-0.05, 0) is 82.2 Å². The summed E-state index contributed by atoms with van der Waals surface area (Å²) in [5.41, 5.74) is 6.47. The van der Waals surface area contributed by atoms with Crippen molar-refractivity contribution in [1.82, 2.24) is 10.4 Å². The van der Waals surface area contributed by atoms with E-state index in [0.29, 0.717) is 22.0 Å². The zero-order chi connectivity index (χ0) is 27.4. The minimum absolute atomic E-state index is 0.226. The molecule has 5 rings (SSSR count). The van der Waals surface area contributed by atoms with Gasteiger partial charge in [0.2, 0.25) is 0 Å². The number of methoxy groups -OCH3 is 1. The summed E-state index contributed by atoms with van der Waals surface area (Å²) in [6.45, 7) is 0. The lowest BCUT2D eigenvalue weighted by molar-refractivity contribution is 0.0729. The van der Waals surface area contributed by atoms with Gasteiger partial charge in [0.15, 0.2) is 11.5 Å². The predicted molar refractivity (Wildman–Crippen MR) is 161 cm³/mol. The molecule has 0 fully saturated rings. The Kier molecular flexibility index (Phi) is 7.94. The van der Waals surface area contributed by atoms with Crippen LogP contribution in [0.25, 0.3) is 22.0 Å². The van der Waals surface area contributed by atoms with Crippen molar-refractivity contribution >= 4 is 63.2 Å². The Morgan fingerprint density at radius 2 is 1.72 bits per heavy atom. The highest BCUT2D eigenvalue weighted by atomic mass is 127. The number of nitrogens with one attached hydrogen (secondary N) is 2. The van der Waals surface area contributed by atoms with Crippen molar-refractivity contribution in [3.63, 3.8) is 0 Å². The third-order valence-electron chi connectivity index (χ3n) is 5.91. The third-order valence-corrected chi connectivity index (χ3v) is 6.91. The molecule has 0 spiro atoms. The van der Waals surface area contributed by atoms with Crippen molar-refractivity contribution in [3.05, 3.63) is 116 Å². The van der Waals surface area contributed by atoms with E-state index in [-0.39, 0.29) is 17.2 Å². The van der Waals surface area contributed by atoms with Crippen LogP contribution in [0.4, 0.5) is 0 Å². The van der Waals surface area contributed by atoms with Crippen LogP contribution in [0.5, 0.6) is 11.5 Å². The van der Waals surface area contributed by atoms with Gasteiger partial charge in [-0.25, -0.2) is 10.2 Å². The van der Waals surface area contributed by atoms with Gasteiger partial charge >= 0.3 is 5.97 Å². The lowest BCUT2D eigenvalue weighted by atomic mass is 10.0. The number of carbonyl (C=O) groups is 2. The Hall–Kier alpha value is -4.15. The summed E-state index contributed by atoms with van der Waals surface area (Å²) in [7, 11) is 1.47. The van der Waals surface area contributed by atoms with Crippen molar-refractivity contribution in [2.45, 2.75) is 0 Å². The molecule has 0 aliphatic rings. The fourth-order valence-electron chi connectivity index (χ4n) is 4.09. The first kappa shape index (κ1) is 26.5. The normalized spacial score (nSPS) is 11.1. The summed E-state index contributed by atoms with van der Waals surface area (Å²) in [4.78, 5) is 29.0. The zero-order valence-electron chi connectivity index (χ0n) is 20.6. The van der Waals surface area contributed by atoms with Crippen LogP contribution in [-0.2, 0) is 0 Å². The smallest absolute Gasteiger partial charge is 0.345 e. The van der Waals surface area contributed by atoms with Crippen molar-refractivity contribution in [2.75, 3.05) is 7.11 Å². The van der Waals surface area contributed by atoms with Crippen LogP contribution in [0.2, 0.25) is 5.02 Å². The van der Waals surface area contributed by atoms with Crippen LogP contribution in [0.15, 0.2) is 96.1 Å². The maximum Gasteiger partial charge on any atom is 0.345 e. The molecule has 0 radical (unpaired) electrons. The summed E-state index contributed by atoms with van der Waals surface area (Å²) < 4.78 is 11.9. The SMILES string of the molecule is COc1cc(C=NNC(=O)c2[nH]c3ccc(I)cc3c2-c2ccccc2)ccc1OC(=O)c1ccccc1Cl. The van der Waals surface area contributed by atoms with Gasteiger partial charge in [0, 0.05) is 20.0 Å². The fourth-order valence-corrected chi connectivity index (χ4v) is 4.79. The second-order valence-electron chi connectivity index (χ2n) is 8.41. The van der Waals surface area contributed by atoms with E-state index in [1.54, 1.807) is 42.5 Å². The zero-order valence-corrected chi connectivity index (χ0v) is 23.5. The first-order valence-electron chi connectivity index (χ1n) is 11.8. The molecule has 0 atom stereocenters. The molecule has 1 heterocycles. The van der Waals surface area contributed by atoms with Crippen LogP contribution < -0.4 is 14.9 Å². The number of esters is 1. The number of halogens is 2. The average molecular weight is 650 g/mol. The Morgan fingerprint density at radius 3 is 2.49 bits per heavy atom. The highest BCUT2D eigenvalue weighted by molar-refractivity contribution is 14.1. The van der Waals surface area contributed by atoms with Crippen molar-refractivity contribution < 1.29 is 19.1 Å². The number of amides is 1. The highest BCUT2D eigenvalue weighted by Crippen LogP contribution is 2.33. The summed E-state index contributed by atoms with van der Waals surface area (Å²) in [6, 6.07) is 27.3. The van der Waals surface area contributed by atoms with Gasteiger partial charge in [0.25, 0.3) is 5.91 Å². The highest BCUT2D eigenvalue weighted by Gasteiger charge is 2.19. The number of benzene rings is 4. The minimum atomic E-state index is -0.602. The molecule has 194 valence electrons. The molecule has 2 N–H and O–H groups in total. The van der Waals surface area contributed by atoms with E-state index in [2.05, 4.69) is 38.1 Å². The molecule has 0 saturated heterocycles. The third kappa shape index (κ3) is 5.81. The first-order valence-corrected chi connectivity index (χ1v) is 13.2. The fraction of sp³-hybridized carbons (Fsp3) is 0.0333. The van der Waals surface area contributed by atoms with E-state index in [1.165, 1.54) is 13.3 Å². The van der Waals surface area contributed by atoms with Gasteiger partial charge < -0.3 is 14.5 Å². The largest absolute Gasteiger partial charge is 0.493 e. The van der Waals surface area contributed by atoms with Crippen LogP contribution in [0.1, 0.15) is 26.4 Å². The Labute approximate surface area is 242 Å². The maximum atomic E-state index is 13.2. The molecule has 39 heavy (non-hydrogen) atoms. The molecular formula is C30H21ClIN3O4. The Balaban J connectivity index is 1.35. The van der Waals surface area contributed by atoms with E-state index in [1.807, 2.05) is 48.5 Å². The quantitative estimate of drug-likeness (QED) is 0.0648. The van der Waals surface area contributed by atoms with Crippen molar-refractivity contribution in [1.29, 1.82) is 0 Å². The predicted octanol–water partition coefficient (Wildman–Crippen LogP) is 7.08. The van der Waals surface area contributed by atoms with Gasteiger partial charge in [0.05, 0.1) is 23.9 Å². The number of nitrogens with zero attached hydrogens (tertiary/aromatic N) is 1. The van der Waals surface area contributed by atoms with E-state index in [9.17, 15) is 9.59 Å². The van der Waals surface area contributed by atoms with E-state index >= 15 is 0 Å². The number of H-pyrrole nitrogens is 1. The standard InChI is InChI=1S/C30H21ClIN3O4/c1-38-26-15-18(11-14-25(26)39-30(37)21-9-5-6-10-23(21)31)17-33-35-29(36)28-27(19-7-3-2-4-8-19)22-16-20(32)12-13-24(22)34-28/h2-17,34H,1H3,(H,35,36). The van der Waals surface area contributed by atoms with Gasteiger partial charge in [0.1, 0.15) is 5.69 Å². The van der Waals surface area contributed by atoms with E-state index in [0.717, 1.165) is 25.6 Å². The molecule has 0 bridgehead atoms. The first-order chi connectivity index (χ1) is 18.9. The summed E-state index contributed by atoms with van der Waals surface area (Å²) >= 11 is 8.36. The number of rotatable bonds is 7. The molecule has 0 aliphatic carbocycles. The lowest BCUT2D eigenvalue weighted by Crippen LogP contribution is -2.18. The molecule has 1 amide bonds. The van der Waals surface area contributed by atoms with Gasteiger partial charge in [-0.15, -0.1) is 0 Å². The van der Waals surface area contributed by atoms with Crippen LogP contribution in [0.3, 0.4) is 0 Å². The maximum absolute atomic E-state index is 13.2. The molecular weight excluding hydrogens is 629 g/mol. The summed E-state index contributed by atoms with van der Waals surface area (Å²) in [5, 5.41) is 5.38. The molecule has 0 unspecified atom stereocenters. The van der Waals surface area contributed by atoms with Crippen LogP contribution in [-0.4, -0.2) is 30.2 Å². The van der Waals surface area contributed by atoms with Gasteiger partial charge in [-0.2, -0.15) is 5.10 Å². The Morgan fingerprint density at radius 1 is 0.949 bits per heavy atom. The number of carbonyl (C=O) groups excluding carboxylic acids is 2. The molecule has 4 aromatic carbocycles. The molecule has 0 aliphatic heterocycles. The Bertz CT molecular complexity index is 1720. The molecule has 7 nitrogen and oxygen atoms in total. The number of hydrogen-bond donors (Lipinski definition) is 2. The van der Waals surface area contributed by atoms with Gasteiger partial charge in [-0.1, -0.05) is 54.1 Å². The molecule has 9 heteroatoms. The average Bonchev–Trinajstić information content (AvgIpc) is 3.33. The van der Waals surface area contributed by atoms with Crippen molar-refractivity contribution in [3.8, 4) is 22.6 Å². The number of hydrazone groups is 1. The number of aromatic amines is 1. The van der Waals surface area contributed by atoms with Crippen LogP contribution in [0, 0.1) is 3.57 Å². The number of fused-ring (bicyclic) bond motifs is 1. The minimum Gasteiger partial charge on any atom is -0.493 e. The van der Waals surface area contributed by atoms with Crippen molar-refractivity contribution in [2.24, 2.45) is 5.10 Å². The summed E-state index contributed by atoms with van der Waals surface area (Å²) in [5.74, 6) is -0.436. The molecule has 5 aromatic rings. The molecule has 1 aromatic heterocycles.